The molecule has 1 heterocycles. The molecule has 0 aliphatic carbocycles. The molecule has 16 heavy (non-hydrogen) atoms. The second kappa shape index (κ2) is 4.49. The second-order valence-corrected chi connectivity index (χ2v) is 3.79. The molecule has 82 valence electrons. The van der Waals surface area contributed by atoms with E-state index in [-0.39, 0.29) is 0 Å². The lowest BCUT2D eigenvalue weighted by Crippen LogP contribution is -1.95. The van der Waals surface area contributed by atoms with Crippen LogP contribution >= 0.6 is 11.6 Å². The highest BCUT2D eigenvalue weighted by Gasteiger charge is 2.10. The third-order valence-electron chi connectivity index (χ3n) is 2.36. The Morgan fingerprint density at radius 2 is 1.88 bits per heavy atom. The van der Waals surface area contributed by atoms with Crippen molar-refractivity contribution < 1.29 is 4.74 Å². The number of halogens is 1. The Hall–Kier alpha value is -1.61. The van der Waals surface area contributed by atoms with Crippen molar-refractivity contribution in [3.63, 3.8) is 0 Å². The van der Waals surface area contributed by atoms with E-state index in [1.165, 1.54) is 0 Å². The van der Waals surface area contributed by atoms with E-state index >= 15 is 0 Å². The van der Waals surface area contributed by atoms with Gasteiger partial charge in [-0.05, 0) is 24.1 Å². The van der Waals surface area contributed by atoms with Crippen molar-refractivity contribution in [3.8, 4) is 17.0 Å². The highest BCUT2D eigenvalue weighted by Crippen LogP contribution is 2.31. The third kappa shape index (κ3) is 1.99. The molecule has 1 aromatic heterocycles. The number of nitrogens with zero attached hydrogens (tertiary/aromatic N) is 2. The molecule has 4 heteroatoms. The first kappa shape index (κ1) is 10.9. The van der Waals surface area contributed by atoms with E-state index in [9.17, 15) is 0 Å². The normalized spacial score (nSPS) is 10.2. The van der Waals surface area contributed by atoms with E-state index in [1.54, 1.807) is 13.2 Å². The van der Waals surface area contributed by atoms with Gasteiger partial charge in [-0.2, -0.15) is 0 Å². The second-order valence-electron chi connectivity index (χ2n) is 3.40. The minimum absolute atomic E-state index is 0.360. The summed E-state index contributed by atoms with van der Waals surface area (Å²) in [4.78, 5) is 0. The molecule has 0 saturated carbocycles. The molecule has 2 rings (SSSR count). The molecule has 0 amide bonds. The summed E-state index contributed by atoms with van der Waals surface area (Å²) in [7, 11) is 1.57. The maximum atomic E-state index is 5.85. The molecule has 0 fully saturated rings. The van der Waals surface area contributed by atoms with Crippen molar-refractivity contribution in [2.24, 2.45) is 0 Å². The highest BCUT2D eigenvalue weighted by atomic mass is 35.5. The standard InChI is InChI=1S/C12H11ClN2O/c1-8-5-3-4-6-9(8)10-7-11(13)14-15-12(10)16-2/h3-7H,1-2H3. The molecule has 0 aliphatic heterocycles. The monoisotopic (exact) mass is 234 g/mol. The van der Waals surface area contributed by atoms with Crippen LogP contribution in [0.25, 0.3) is 11.1 Å². The van der Waals surface area contributed by atoms with Gasteiger partial charge in [-0.3, -0.25) is 0 Å². The summed E-state index contributed by atoms with van der Waals surface area (Å²) in [6, 6.07) is 9.75. The maximum absolute atomic E-state index is 5.85. The van der Waals surface area contributed by atoms with E-state index < -0.39 is 0 Å². The summed E-state index contributed by atoms with van der Waals surface area (Å²) in [6.45, 7) is 2.03. The smallest absolute Gasteiger partial charge is 0.241 e. The Labute approximate surface area is 99.0 Å². The predicted molar refractivity (Wildman–Crippen MR) is 63.8 cm³/mol. The SMILES string of the molecule is COc1nnc(Cl)cc1-c1ccccc1C. The average Bonchev–Trinajstić information content (AvgIpc) is 2.29. The van der Waals surface area contributed by atoms with Gasteiger partial charge in [0.2, 0.25) is 5.88 Å². The molecular formula is C12H11ClN2O. The zero-order chi connectivity index (χ0) is 11.5. The van der Waals surface area contributed by atoms with Gasteiger partial charge < -0.3 is 4.74 Å². The van der Waals surface area contributed by atoms with Crippen LogP contribution < -0.4 is 4.74 Å². The Kier molecular flexibility index (Phi) is 3.06. The van der Waals surface area contributed by atoms with Gasteiger partial charge in [0.1, 0.15) is 0 Å². The highest BCUT2D eigenvalue weighted by molar-refractivity contribution is 6.29. The van der Waals surface area contributed by atoms with Crippen molar-refractivity contribution in [3.05, 3.63) is 41.0 Å². The van der Waals surface area contributed by atoms with Gasteiger partial charge >= 0.3 is 0 Å². The summed E-state index contributed by atoms with van der Waals surface area (Å²) in [6.07, 6.45) is 0. The molecule has 0 unspecified atom stereocenters. The fourth-order valence-electron chi connectivity index (χ4n) is 1.58. The summed E-state index contributed by atoms with van der Waals surface area (Å²) in [5.74, 6) is 0.485. The van der Waals surface area contributed by atoms with Gasteiger partial charge in [0, 0.05) is 5.56 Å². The van der Waals surface area contributed by atoms with Gasteiger partial charge in [-0.1, -0.05) is 35.9 Å². The molecule has 0 saturated heterocycles. The van der Waals surface area contributed by atoms with Crippen LogP contribution in [0.3, 0.4) is 0 Å². The molecule has 0 atom stereocenters. The number of aromatic nitrogens is 2. The minimum Gasteiger partial charge on any atom is -0.479 e. The van der Waals surface area contributed by atoms with Crippen LogP contribution in [-0.2, 0) is 0 Å². The fraction of sp³-hybridized carbons (Fsp3) is 0.167. The van der Waals surface area contributed by atoms with Gasteiger partial charge in [-0.25, -0.2) is 0 Å². The molecule has 0 N–H and O–H groups in total. The number of hydrogen-bond donors (Lipinski definition) is 0. The van der Waals surface area contributed by atoms with Crippen LogP contribution in [0.2, 0.25) is 5.15 Å². The average molecular weight is 235 g/mol. The quantitative estimate of drug-likeness (QED) is 0.801. The lowest BCUT2D eigenvalue weighted by molar-refractivity contribution is 0.394. The fourth-order valence-corrected chi connectivity index (χ4v) is 1.72. The lowest BCUT2D eigenvalue weighted by atomic mass is 10.0. The first-order valence-electron chi connectivity index (χ1n) is 4.85. The summed E-state index contributed by atoms with van der Waals surface area (Å²) < 4.78 is 5.18. The minimum atomic E-state index is 0.360. The zero-order valence-corrected chi connectivity index (χ0v) is 9.82. The number of methoxy groups -OCH3 is 1. The van der Waals surface area contributed by atoms with Crippen LogP contribution in [-0.4, -0.2) is 17.3 Å². The molecule has 0 radical (unpaired) electrons. The number of aryl methyl sites for hydroxylation is 1. The first-order valence-corrected chi connectivity index (χ1v) is 5.23. The van der Waals surface area contributed by atoms with E-state index in [0.29, 0.717) is 11.0 Å². The maximum Gasteiger partial charge on any atom is 0.241 e. The Morgan fingerprint density at radius 1 is 1.12 bits per heavy atom. The van der Waals surface area contributed by atoms with Gasteiger partial charge in [0.25, 0.3) is 0 Å². The van der Waals surface area contributed by atoms with Gasteiger partial charge in [0.05, 0.1) is 7.11 Å². The largest absolute Gasteiger partial charge is 0.479 e. The van der Waals surface area contributed by atoms with Crippen molar-refractivity contribution in [2.75, 3.05) is 7.11 Å². The Balaban J connectivity index is 2.63. The Morgan fingerprint density at radius 3 is 2.56 bits per heavy atom. The summed E-state index contributed by atoms with van der Waals surface area (Å²) >= 11 is 5.85. The molecule has 1 aromatic carbocycles. The number of rotatable bonds is 2. The van der Waals surface area contributed by atoms with Crippen LogP contribution in [0.5, 0.6) is 5.88 Å². The van der Waals surface area contributed by atoms with E-state index in [4.69, 9.17) is 16.3 Å². The van der Waals surface area contributed by atoms with Crippen LogP contribution in [0.15, 0.2) is 30.3 Å². The van der Waals surface area contributed by atoms with E-state index in [0.717, 1.165) is 16.7 Å². The van der Waals surface area contributed by atoms with Gasteiger partial charge in [0.15, 0.2) is 5.15 Å². The molecule has 0 aliphatic rings. The first-order chi connectivity index (χ1) is 7.72. The molecule has 0 bridgehead atoms. The topological polar surface area (TPSA) is 35.0 Å². The lowest BCUT2D eigenvalue weighted by Gasteiger charge is -2.09. The molecule has 0 spiro atoms. The van der Waals surface area contributed by atoms with E-state index in [1.807, 2.05) is 31.2 Å². The number of ether oxygens (including phenoxy) is 1. The van der Waals surface area contributed by atoms with Crippen LogP contribution in [0, 0.1) is 6.92 Å². The van der Waals surface area contributed by atoms with Crippen molar-refractivity contribution in [1.82, 2.24) is 10.2 Å². The molecule has 3 nitrogen and oxygen atoms in total. The predicted octanol–water partition coefficient (Wildman–Crippen LogP) is 3.11. The number of benzene rings is 1. The van der Waals surface area contributed by atoms with E-state index in [2.05, 4.69) is 10.2 Å². The number of hydrogen-bond acceptors (Lipinski definition) is 3. The van der Waals surface area contributed by atoms with Crippen LogP contribution in [0.1, 0.15) is 5.56 Å². The summed E-state index contributed by atoms with van der Waals surface area (Å²) in [5.41, 5.74) is 3.06. The zero-order valence-electron chi connectivity index (χ0n) is 9.07. The third-order valence-corrected chi connectivity index (χ3v) is 2.54. The van der Waals surface area contributed by atoms with Crippen LogP contribution in [0.4, 0.5) is 0 Å². The molecular weight excluding hydrogens is 224 g/mol. The molecule has 2 aromatic rings. The summed E-state index contributed by atoms with van der Waals surface area (Å²) in [5, 5.41) is 8.03. The van der Waals surface area contributed by atoms with Crippen molar-refractivity contribution >= 4 is 11.6 Å². The Bertz CT molecular complexity index is 514. The van der Waals surface area contributed by atoms with Crippen molar-refractivity contribution in [1.29, 1.82) is 0 Å². The van der Waals surface area contributed by atoms with Gasteiger partial charge in [-0.15, -0.1) is 10.2 Å². The van der Waals surface area contributed by atoms with Crippen molar-refractivity contribution in [2.45, 2.75) is 6.92 Å².